The highest BCUT2D eigenvalue weighted by Crippen LogP contribution is 2.18. The quantitative estimate of drug-likeness (QED) is 0.867. The van der Waals surface area contributed by atoms with Crippen molar-refractivity contribution in [3.05, 3.63) is 65.2 Å². The van der Waals surface area contributed by atoms with Gasteiger partial charge in [0.05, 0.1) is 6.42 Å². The maximum atomic E-state index is 12.6. The first-order valence-electron chi connectivity index (χ1n) is 9.35. The van der Waals surface area contributed by atoms with Gasteiger partial charge >= 0.3 is 0 Å². The monoisotopic (exact) mass is 352 g/mol. The van der Waals surface area contributed by atoms with Gasteiger partial charge in [-0.3, -0.25) is 4.79 Å². The molecule has 0 atom stereocenters. The third kappa shape index (κ3) is 5.09. The summed E-state index contributed by atoms with van der Waals surface area (Å²) in [6.07, 6.45) is 2.48. The van der Waals surface area contributed by atoms with Gasteiger partial charge in [-0.25, -0.2) is 0 Å². The molecule has 0 aliphatic carbocycles. The molecule has 4 nitrogen and oxygen atoms in total. The van der Waals surface area contributed by atoms with Crippen LogP contribution in [0, 0.1) is 6.92 Å². The molecule has 1 fully saturated rings. The van der Waals surface area contributed by atoms with Crippen molar-refractivity contribution in [1.82, 2.24) is 10.2 Å². The van der Waals surface area contributed by atoms with Gasteiger partial charge in [-0.15, -0.1) is 0 Å². The number of rotatable bonds is 6. The molecule has 0 unspecified atom stereocenters. The number of hydrogen-bond acceptors (Lipinski definition) is 3. The van der Waals surface area contributed by atoms with E-state index in [0.717, 1.165) is 42.8 Å². The summed E-state index contributed by atoms with van der Waals surface area (Å²) in [7, 11) is 1.93. The molecular weight excluding hydrogens is 324 g/mol. The number of carbonyl (C=O) groups is 1. The molecule has 1 aliphatic heterocycles. The van der Waals surface area contributed by atoms with Crippen LogP contribution in [0.5, 0.6) is 5.75 Å². The standard InChI is InChI=1S/C22H28N2O2/c1-17-5-3-7-19(13-17)16-26-21-8-4-6-18(14-21)15-22(25)24(2)20-9-11-23-12-10-20/h3-8,13-14,20,23H,9-12,15-16H2,1-2H3. The predicted octanol–water partition coefficient (Wildman–Crippen LogP) is 3.33. The van der Waals surface area contributed by atoms with Crippen LogP contribution in [-0.2, 0) is 17.8 Å². The number of piperidine rings is 1. The van der Waals surface area contributed by atoms with Crippen LogP contribution in [0.2, 0.25) is 0 Å². The molecule has 1 aliphatic rings. The maximum Gasteiger partial charge on any atom is 0.226 e. The van der Waals surface area contributed by atoms with Crippen molar-refractivity contribution in [2.45, 2.75) is 38.8 Å². The Bertz CT molecular complexity index is 738. The number of amides is 1. The van der Waals surface area contributed by atoms with E-state index >= 15 is 0 Å². The summed E-state index contributed by atoms with van der Waals surface area (Å²) < 4.78 is 5.91. The van der Waals surface area contributed by atoms with E-state index in [0.29, 0.717) is 19.1 Å². The van der Waals surface area contributed by atoms with Crippen LogP contribution < -0.4 is 10.1 Å². The van der Waals surface area contributed by atoms with E-state index in [9.17, 15) is 4.79 Å². The van der Waals surface area contributed by atoms with E-state index < -0.39 is 0 Å². The molecule has 1 N–H and O–H groups in total. The first-order valence-corrected chi connectivity index (χ1v) is 9.35. The summed E-state index contributed by atoms with van der Waals surface area (Å²) in [6.45, 7) is 4.60. The number of likely N-dealkylation sites (N-methyl/N-ethyl adjacent to an activating group) is 1. The Labute approximate surface area is 156 Å². The molecule has 26 heavy (non-hydrogen) atoms. The molecule has 0 radical (unpaired) electrons. The summed E-state index contributed by atoms with van der Waals surface area (Å²) in [5.41, 5.74) is 3.38. The Hall–Kier alpha value is -2.33. The van der Waals surface area contributed by atoms with E-state index in [1.807, 2.05) is 42.3 Å². The Morgan fingerprint density at radius 3 is 2.62 bits per heavy atom. The lowest BCUT2D eigenvalue weighted by Crippen LogP contribution is -2.44. The van der Waals surface area contributed by atoms with Gasteiger partial charge in [-0.05, 0) is 56.1 Å². The molecule has 0 saturated carbocycles. The smallest absolute Gasteiger partial charge is 0.226 e. The van der Waals surface area contributed by atoms with Crippen molar-refractivity contribution < 1.29 is 9.53 Å². The van der Waals surface area contributed by atoms with Crippen LogP contribution in [0.15, 0.2) is 48.5 Å². The zero-order valence-electron chi connectivity index (χ0n) is 15.7. The van der Waals surface area contributed by atoms with Crippen molar-refractivity contribution >= 4 is 5.91 Å². The molecular formula is C22H28N2O2. The van der Waals surface area contributed by atoms with Crippen LogP contribution in [0.3, 0.4) is 0 Å². The van der Waals surface area contributed by atoms with Crippen molar-refractivity contribution in [2.24, 2.45) is 0 Å². The van der Waals surface area contributed by atoms with Gasteiger partial charge in [-0.2, -0.15) is 0 Å². The van der Waals surface area contributed by atoms with Crippen molar-refractivity contribution in [3.8, 4) is 5.75 Å². The predicted molar refractivity (Wildman–Crippen MR) is 104 cm³/mol. The first-order chi connectivity index (χ1) is 12.6. The zero-order valence-corrected chi connectivity index (χ0v) is 15.7. The van der Waals surface area contributed by atoms with Gasteiger partial charge in [-0.1, -0.05) is 42.0 Å². The minimum Gasteiger partial charge on any atom is -0.489 e. The molecule has 2 aromatic carbocycles. The second-order valence-electron chi connectivity index (χ2n) is 7.09. The lowest BCUT2D eigenvalue weighted by Gasteiger charge is -2.31. The highest BCUT2D eigenvalue weighted by atomic mass is 16.5. The number of benzene rings is 2. The first kappa shape index (κ1) is 18.5. The molecule has 4 heteroatoms. The van der Waals surface area contributed by atoms with Crippen molar-refractivity contribution in [1.29, 1.82) is 0 Å². The number of ether oxygens (including phenoxy) is 1. The minimum atomic E-state index is 0.174. The van der Waals surface area contributed by atoms with E-state index in [4.69, 9.17) is 4.74 Å². The van der Waals surface area contributed by atoms with Crippen LogP contribution >= 0.6 is 0 Å². The highest BCUT2D eigenvalue weighted by Gasteiger charge is 2.21. The largest absolute Gasteiger partial charge is 0.489 e. The van der Waals surface area contributed by atoms with Crippen molar-refractivity contribution in [2.75, 3.05) is 20.1 Å². The molecule has 0 spiro atoms. The summed E-state index contributed by atoms with van der Waals surface area (Å²) in [6, 6.07) is 16.5. The summed E-state index contributed by atoms with van der Waals surface area (Å²) in [5.74, 6) is 0.981. The fourth-order valence-electron chi connectivity index (χ4n) is 3.41. The lowest BCUT2D eigenvalue weighted by atomic mass is 10.0. The van der Waals surface area contributed by atoms with E-state index in [1.165, 1.54) is 5.56 Å². The summed E-state index contributed by atoms with van der Waals surface area (Å²) in [5, 5.41) is 3.34. The number of hydrogen-bond donors (Lipinski definition) is 1. The fourth-order valence-corrected chi connectivity index (χ4v) is 3.41. The van der Waals surface area contributed by atoms with Crippen LogP contribution in [0.1, 0.15) is 29.5 Å². The molecule has 1 amide bonds. The molecule has 0 aromatic heterocycles. The molecule has 3 rings (SSSR count). The summed E-state index contributed by atoms with van der Waals surface area (Å²) >= 11 is 0. The SMILES string of the molecule is Cc1cccc(COc2cccc(CC(=O)N(C)C3CCNCC3)c2)c1. The Balaban J connectivity index is 1.57. The number of nitrogens with one attached hydrogen (secondary N) is 1. The Kier molecular flexibility index (Phi) is 6.29. The average Bonchev–Trinajstić information content (AvgIpc) is 2.67. The number of carbonyl (C=O) groups excluding carboxylic acids is 1. The van der Waals surface area contributed by atoms with Crippen LogP contribution in [0.4, 0.5) is 0 Å². The normalized spacial score (nSPS) is 14.8. The van der Waals surface area contributed by atoms with Crippen molar-refractivity contribution in [3.63, 3.8) is 0 Å². The van der Waals surface area contributed by atoms with Gasteiger partial charge in [0.1, 0.15) is 12.4 Å². The maximum absolute atomic E-state index is 12.6. The molecule has 1 heterocycles. The summed E-state index contributed by atoms with van der Waals surface area (Å²) in [4.78, 5) is 14.5. The van der Waals surface area contributed by atoms with Gasteiger partial charge in [0.2, 0.25) is 5.91 Å². The van der Waals surface area contributed by atoms with Gasteiger partial charge in [0.25, 0.3) is 0 Å². The highest BCUT2D eigenvalue weighted by molar-refractivity contribution is 5.79. The Morgan fingerprint density at radius 2 is 1.85 bits per heavy atom. The lowest BCUT2D eigenvalue weighted by molar-refractivity contribution is -0.131. The Morgan fingerprint density at radius 1 is 1.12 bits per heavy atom. The number of aryl methyl sites for hydroxylation is 1. The molecule has 2 aromatic rings. The van der Waals surface area contributed by atoms with E-state index in [2.05, 4.69) is 30.4 Å². The molecule has 0 bridgehead atoms. The van der Waals surface area contributed by atoms with Gasteiger partial charge < -0.3 is 15.0 Å². The fraction of sp³-hybridized carbons (Fsp3) is 0.409. The zero-order chi connectivity index (χ0) is 18.4. The average molecular weight is 352 g/mol. The second-order valence-corrected chi connectivity index (χ2v) is 7.09. The topological polar surface area (TPSA) is 41.6 Å². The number of nitrogens with zero attached hydrogens (tertiary/aromatic N) is 1. The van der Waals surface area contributed by atoms with Crippen LogP contribution in [-0.4, -0.2) is 37.0 Å². The van der Waals surface area contributed by atoms with Gasteiger partial charge in [0, 0.05) is 13.1 Å². The molecule has 138 valence electrons. The third-order valence-electron chi connectivity index (χ3n) is 4.99. The second kappa shape index (κ2) is 8.86. The van der Waals surface area contributed by atoms with Crippen LogP contribution in [0.25, 0.3) is 0 Å². The van der Waals surface area contributed by atoms with E-state index in [-0.39, 0.29) is 5.91 Å². The third-order valence-corrected chi connectivity index (χ3v) is 4.99. The van der Waals surface area contributed by atoms with E-state index in [1.54, 1.807) is 0 Å². The van der Waals surface area contributed by atoms with Gasteiger partial charge in [0.15, 0.2) is 0 Å². The molecule has 1 saturated heterocycles. The minimum absolute atomic E-state index is 0.174.